The number of hydrogen-bond acceptors (Lipinski definition) is 2. The smallest absolute Gasteiger partial charge is 0.189 e. The molecule has 0 aliphatic carbocycles. The Bertz CT molecular complexity index is 252. The summed E-state index contributed by atoms with van der Waals surface area (Å²) >= 11 is 5.24. The van der Waals surface area contributed by atoms with Gasteiger partial charge in [-0.05, 0) is 5.69 Å². The van der Waals surface area contributed by atoms with Crippen LogP contribution in [0.2, 0.25) is 0 Å². The average Bonchev–Trinajstić information content (AvgIpc) is 2.11. The first-order valence-corrected chi connectivity index (χ1v) is 3.12. The molecule has 1 aromatic heterocycles. The Labute approximate surface area is 84.0 Å². The number of hydrogen-bond donors (Lipinski definition) is 0. The maximum absolute atomic E-state index is 10.6. The molecule has 0 amide bonds. The molecule has 0 spiro atoms. The van der Waals surface area contributed by atoms with Crippen LogP contribution in [0.4, 0.5) is 0 Å². The first-order valence-electron chi connectivity index (χ1n) is 2.74. The summed E-state index contributed by atoms with van der Waals surface area (Å²) in [5.41, 5.74) is 1.09. The Morgan fingerprint density at radius 1 is 1.73 bits per heavy atom. The van der Waals surface area contributed by atoms with Crippen molar-refractivity contribution in [3.8, 4) is 0 Å². The Morgan fingerprint density at radius 2 is 2.27 bits per heavy atom. The number of rotatable bonds is 1. The summed E-state index contributed by atoms with van der Waals surface area (Å²) < 4.78 is 1.41. The molecule has 11 heavy (non-hydrogen) atoms. The molecule has 3 nitrogen and oxygen atoms in total. The van der Waals surface area contributed by atoms with E-state index in [4.69, 9.17) is 11.6 Å². The van der Waals surface area contributed by atoms with Gasteiger partial charge in [-0.3, -0.25) is 4.79 Å². The Hall–Kier alpha value is -0.142. The molecule has 0 aliphatic rings. The van der Waals surface area contributed by atoms with Crippen molar-refractivity contribution in [3.63, 3.8) is 0 Å². The molecule has 0 aliphatic heterocycles. The van der Waals surface area contributed by atoms with Gasteiger partial charge in [-0.2, -0.15) is 5.56 Å². The molecule has 1 heterocycles. The van der Waals surface area contributed by atoms with E-state index in [-0.39, 0.29) is 21.1 Å². The van der Waals surface area contributed by atoms with E-state index < -0.39 is 5.24 Å². The van der Waals surface area contributed by atoms with Crippen LogP contribution in [0.15, 0.2) is 0 Å². The summed E-state index contributed by atoms with van der Waals surface area (Å²) in [6.45, 7) is 1.74. The van der Waals surface area contributed by atoms with Crippen molar-refractivity contribution in [1.82, 2.24) is 9.78 Å². The van der Waals surface area contributed by atoms with Crippen LogP contribution >= 0.6 is 11.6 Å². The number of halogens is 1. The summed E-state index contributed by atoms with van der Waals surface area (Å²) in [6.07, 6.45) is 2.63. The van der Waals surface area contributed by atoms with Crippen molar-refractivity contribution < 1.29 is 25.9 Å². The van der Waals surface area contributed by atoms with Gasteiger partial charge in [0.15, 0.2) is 5.24 Å². The predicted molar refractivity (Wildman–Crippen MR) is 37.0 cm³/mol. The van der Waals surface area contributed by atoms with E-state index in [0.717, 1.165) is 0 Å². The van der Waals surface area contributed by atoms with Gasteiger partial charge in [0.2, 0.25) is 0 Å². The molecule has 0 bridgehead atoms. The maximum atomic E-state index is 10.6. The zero-order chi connectivity index (χ0) is 7.72. The van der Waals surface area contributed by atoms with Gasteiger partial charge in [-0.1, -0.05) is 18.5 Å². The zero-order valence-electron chi connectivity index (χ0n) is 6.09. The second-order valence-electron chi connectivity index (χ2n) is 1.98. The Morgan fingerprint density at radius 3 is 2.45 bits per heavy atom. The first kappa shape index (κ1) is 10.9. The molecule has 0 fully saturated rings. The van der Waals surface area contributed by atoms with Gasteiger partial charge in [0.05, 0.1) is 0 Å². The molecule has 1 aromatic rings. The number of aromatic nitrogens is 2. The van der Waals surface area contributed by atoms with Crippen molar-refractivity contribution >= 4 is 16.8 Å². The molecule has 0 saturated carbocycles. The second kappa shape index (κ2) is 4.03. The van der Waals surface area contributed by atoms with E-state index in [0.29, 0.717) is 11.3 Å². The fourth-order valence-corrected chi connectivity index (χ4v) is 1.03. The number of carbonyl (C=O) groups excluding carboxylic acids is 1. The number of aryl methyl sites for hydroxylation is 2. The molecule has 60 valence electrons. The van der Waals surface area contributed by atoms with Crippen LogP contribution in [0.25, 0.3) is 0 Å². The van der Waals surface area contributed by atoms with E-state index in [1.807, 2.05) is 0 Å². The van der Waals surface area contributed by atoms with Crippen LogP contribution in [-0.4, -0.2) is 15.0 Å². The van der Waals surface area contributed by atoms with E-state index in [2.05, 4.69) is 11.3 Å². The fraction of sp³-hybridized carbons (Fsp3) is 0.333. The average molecular weight is 341 g/mol. The van der Waals surface area contributed by atoms with Gasteiger partial charge in [-0.15, -0.1) is 6.20 Å². The van der Waals surface area contributed by atoms with E-state index in [1.54, 1.807) is 14.0 Å². The SMILES string of the molecule is Cc1[c-]nn(C)c1C(=O)Cl.[W]. The largest absolute Gasteiger partial charge is 0.360 e. The Kier molecular flexibility index (Phi) is 3.98. The van der Waals surface area contributed by atoms with Gasteiger partial charge < -0.3 is 9.78 Å². The molecule has 1 rings (SSSR count). The van der Waals surface area contributed by atoms with Crippen LogP contribution in [-0.2, 0) is 28.1 Å². The van der Waals surface area contributed by atoms with Gasteiger partial charge in [0.25, 0.3) is 0 Å². The Balaban J connectivity index is 0.000001000. The van der Waals surface area contributed by atoms with Crippen LogP contribution < -0.4 is 0 Å². The third-order valence-electron chi connectivity index (χ3n) is 1.23. The molecule has 0 atom stereocenters. The summed E-state index contributed by atoms with van der Waals surface area (Å²) in [5.74, 6) is 0. The van der Waals surface area contributed by atoms with E-state index in [9.17, 15) is 4.79 Å². The molecular weight excluding hydrogens is 335 g/mol. The van der Waals surface area contributed by atoms with Crippen molar-refractivity contribution in [3.05, 3.63) is 17.5 Å². The van der Waals surface area contributed by atoms with Crippen molar-refractivity contribution in [2.45, 2.75) is 6.92 Å². The molecule has 5 heteroatoms. The van der Waals surface area contributed by atoms with E-state index in [1.165, 1.54) is 4.68 Å². The van der Waals surface area contributed by atoms with Crippen molar-refractivity contribution in [2.75, 3.05) is 0 Å². The summed E-state index contributed by atoms with van der Waals surface area (Å²) in [4.78, 5) is 10.6. The van der Waals surface area contributed by atoms with Crippen molar-refractivity contribution in [1.29, 1.82) is 0 Å². The molecular formula is C6H6ClN2OW-. The van der Waals surface area contributed by atoms with E-state index >= 15 is 0 Å². The minimum Gasteiger partial charge on any atom is -0.360 e. The summed E-state index contributed by atoms with van der Waals surface area (Å²) in [6, 6.07) is 0. The zero-order valence-corrected chi connectivity index (χ0v) is 9.78. The molecule has 0 saturated heterocycles. The van der Waals surface area contributed by atoms with Crippen LogP contribution in [0.1, 0.15) is 16.1 Å². The first-order chi connectivity index (χ1) is 4.63. The normalized spacial score (nSPS) is 9.00. The third-order valence-corrected chi connectivity index (χ3v) is 1.41. The maximum Gasteiger partial charge on any atom is 0.189 e. The predicted octanol–water partition coefficient (Wildman–Crippen LogP) is 0.905. The second-order valence-corrected chi connectivity index (χ2v) is 2.33. The molecule has 0 N–H and O–H groups in total. The minimum atomic E-state index is -0.492. The molecule has 0 radical (unpaired) electrons. The van der Waals surface area contributed by atoms with Gasteiger partial charge >= 0.3 is 0 Å². The summed E-state index contributed by atoms with van der Waals surface area (Å²) in [7, 11) is 1.65. The van der Waals surface area contributed by atoms with Gasteiger partial charge in [-0.25, -0.2) is 0 Å². The fourth-order valence-electron chi connectivity index (χ4n) is 0.770. The molecule has 0 unspecified atom stereocenters. The quantitative estimate of drug-likeness (QED) is 0.562. The summed E-state index contributed by atoms with van der Waals surface area (Å²) in [5, 5.41) is 3.23. The van der Waals surface area contributed by atoms with Crippen molar-refractivity contribution in [2.24, 2.45) is 7.05 Å². The molecule has 0 aromatic carbocycles. The van der Waals surface area contributed by atoms with Gasteiger partial charge in [0.1, 0.15) is 0 Å². The standard InChI is InChI=1S/C6H6ClN2O.W/c1-4-3-8-9(2)5(4)6(7)10;/h1-2H3;/q-1;. The van der Waals surface area contributed by atoms with Crippen LogP contribution in [0.5, 0.6) is 0 Å². The van der Waals surface area contributed by atoms with Crippen LogP contribution in [0.3, 0.4) is 0 Å². The topological polar surface area (TPSA) is 34.9 Å². The van der Waals surface area contributed by atoms with Crippen LogP contribution in [0, 0.1) is 13.1 Å². The third kappa shape index (κ3) is 2.14. The minimum absolute atomic E-state index is 0. The number of nitrogens with zero attached hydrogens (tertiary/aromatic N) is 2. The number of carbonyl (C=O) groups is 1. The van der Waals surface area contributed by atoms with Gasteiger partial charge in [0, 0.05) is 28.1 Å². The monoisotopic (exact) mass is 341 g/mol.